The first-order chi connectivity index (χ1) is 8.27. The average Bonchev–Trinajstić information content (AvgIpc) is 2.24. The summed E-state index contributed by atoms with van der Waals surface area (Å²) in [7, 11) is 0. The maximum atomic E-state index is 11.7. The van der Waals surface area contributed by atoms with Crippen LogP contribution in [0.25, 0.3) is 0 Å². The van der Waals surface area contributed by atoms with Crippen molar-refractivity contribution in [2.75, 3.05) is 26.3 Å². The van der Waals surface area contributed by atoms with Crippen LogP contribution in [0.3, 0.4) is 0 Å². The standard InChI is InChI=1S/C13H15NO3/c15-12(14-7-13(8-14)9-16-10-13)17-6-11-4-2-1-3-5-11/h1-5H,6-10H2. The van der Waals surface area contributed by atoms with Crippen LogP contribution < -0.4 is 0 Å². The number of likely N-dealkylation sites (tertiary alicyclic amines) is 1. The first-order valence-electron chi connectivity index (χ1n) is 5.81. The molecule has 2 aliphatic rings. The number of hydrogen-bond acceptors (Lipinski definition) is 3. The molecule has 1 aromatic rings. The molecule has 90 valence electrons. The van der Waals surface area contributed by atoms with E-state index in [1.807, 2.05) is 30.3 Å². The molecule has 4 nitrogen and oxygen atoms in total. The predicted molar refractivity (Wildman–Crippen MR) is 61.5 cm³/mol. The molecule has 0 unspecified atom stereocenters. The fourth-order valence-electron chi connectivity index (χ4n) is 2.28. The van der Waals surface area contributed by atoms with Gasteiger partial charge in [0.1, 0.15) is 6.61 Å². The number of rotatable bonds is 2. The van der Waals surface area contributed by atoms with Gasteiger partial charge < -0.3 is 14.4 Å². The van der Waals surface area contributed by atoms with Crippen molar-refractivity contribution in [1.29, 1.82) is 0 Å². The van der Waals surface area contributed by atoms with Crippen LogP contribution in [0.1, 0.15) is 5.56 Å². The fraction of sp³-hybridized carbons (Fsp3) is 0.462. The molecule has 0 radical (unpaired) electrons. The Bertz CT molecular complexity index is 406. The van der Waals surface area contributed by atoms with Crippen LogP contribution >= 0.6 is 0 Å². The molecular weight excluding hydrogens is 218 g/mol. The van der Waals surface area contributed by atoms with E-state index in [2.05, 4.69) is 0 Å². The summed E-state index contributed by atoms with van der Waals surface area (Å²) in [4.78, 5) is 13.4. The Morgan fingerprint density at radius 2 is 2.00 bits per heavy atom. The summed E-state index contributed by atoms with van der Waals surface area (Å²) in [5.74, 6) is 0. The number of carbonyl (C=O) groups is 1. The summed E-state index contributed by atoms with van der Waals surface area (Å²) in [6.45, 7) is 3.48. The normalized spacial score (nSPS) is 20.6. The Kier molecular flexibility index (Phi) is 2.52. The van der Waals surface area contributed by atoms with Crippen molar-refractivity contribution in [2.45, 2.75) is 6.61 Å². The molecule has 0 N–H and O–H groups in total. The predicted octanol–water partition coefficient (Wildman–Crippen LogP) is 1.66. The highest BCUT2D eigenvalue weighted by atomic mass is 16.6. The van der Waals surface area contributed by atoms with Gasteiger partial charge in [0.2, 0.25) is 0 Å². The zero-order chi connectivity index (χ0) is 11.7. The molecule has 0 saturated carbocycles. The van der Waals surface area contributed by atoms with Crippen LogP contribution in [0.4, 0.5) is 4.79 Å². The molecule has 17 heavy (non-hydrogen) atoms. The largest absolute Gasteiger partial charge is 0.445 e. The van der Waals surface area contributed by atoms with Gasteiger partial charge in [-0.25, -0.2) is 4.79 Å². The molecular formula is C13H15NO3. The van der Waals surface area contributed by atoms with Crippen molar-refractivity contribution < 1.29 is 14.3 Å². The molecule has 2 saturated heterocycles. The molecule has 1 spiro atoms. The number of ether oxygens (including phenoxy) is 2. The Balaban J connectivity index is 1.45. The van der Waals surface area contributed by atoms with Gasteiger partial charge in [0.05, 0.1) is 18.6 Å². The van der Waals surface area contributed by atoms with Crippen molar-refractivity contribution in [3.63, 3.8) is 0 Å². The van der Waals surface area contributed by atoms with E-state index in [4.69, 9.17) is 9.47 Å². The van der Waals surface area contributed by atoms with Gasteiger partial charge in [-0.2, -0.15) is 0 Å². The highest BCUT2D eigenvalue weighted by molar-refractivity contribution is 5.69. The van der Waals surface area contributed by atoms with E-state index in [9.17, 15) is 4.79 Å². The first-order valence-corrected chi connectivity index (χ1v) is 5.81. The number of hydrogen-bond donors (Lipinski definition) is 0. The van der Waals surface area contributed by atoms with Gasteiger partial charge in [0.25, 0.3) is 0 Å². The molecule has 1 aromatic carbocycles. The molecule has 4 heteroatoms. The maximum absolute atomic E-state index is 11.7. The zero-order valence-corrected chi connectivity index (χ0v) is 9.59. The van der Waals surface area contributed by atoms with Gasteiger partial charge in [-0.1, -0.05) is 30.3 Å². The second-order valence-corrected chi connectivity index (χ2v) is 4.89. The molecule has 3 rings (SSSR count). The Morgan fingerprint density at radius 3 is 2.59 bits per heavy atom. The second kappa shape index (κ2) is 4.04. The van der Waals surface area contributed by atoms with E-state index < -0.39 is 0 Å². The van der Waals surface area contributed by atoms with Crippen molar-refractivity contribution in [3.05, 3.63) is 35.9 Å². The quantitative estimate of drug-likeness (QED) is 0.779. The van der Waals surface area contributed by atoms with Gasteiger partial charge in [-0.3, -0.25) is 0 Å². The molecule has 2 aliphatic heterocycles. The molecule has 2 fully saturated rings. The Hall–Kier alpha value is -1.55. The SMILES string of the molecule is O=C(OCc1ccccc1)N1CC2(COC2)C1. The van der Waals surface area contributed by atoms with Crippen molar-refractivity contribution >= 4 is 6.09 Å². The van der Waals surface area contributed by atoms with Crippen LogP contribution in [-0.2, 0) is 16.1 Å². The van der Waals surface area contributed by atoms with Gasteiger partial charge >= 0.3 is 6.09 Å². The van der Waals surface area contributed by atoms with E-state index in [-0.39, 0.29) is 11.5 Å². The van der Waals surface area contributed by atoms with E-state index in [1.54, 1.807) is 4.90 Å². The summed E-state index contributed by atoms with van der Waals surface area (Å²) < 4.78 is 10.4. The summed E-state index contributed by atoms with van der Waals surface area (Å²) in [5, 5.41) is 0. The van der Waals surface area contributed by atoms with E-state index in [0.29, 0.717) is 6.61 Å². The summed E-state index contributed by atoms with van der Waals surface area (Å²) in [5.41, 5.74) is 1.27. The first kappa shape index (κ1) is 10.6. The highest BCUT2D eigenvalue weighted by Gasteiger charge is 2.51. The summed E-state index contributed by atoms with van der Waals surface area (Å²) in [6, 6.07) is 9.72. The smallest absolute Gasteiger partial charge is 0.410 e. The lowest BCUT2D eigenvalue weighted by Gasteiger charge is -2.54. The maximum Gasteiger partial charge on any atom is 0.410 e. The molecule has 1 amide bonds. The molecule has 0 aliphatic carbocycles. The van der Waals surface area contributed by atoms with Crippen LogP contribution in [-0.4, -0.2) is 37.3 Å². The highest BCUT2D eigenvalue weighted by Crippen LogP contribution is 2.37. The number of nitrogens with zero attached hydrogens (tertiary/aromatic N) is 1. The molecule has 0 bridgehead atoms. The average molecular weight is 233 g/mol. The molecule has 0 aromatic heterocycles. The number of carbonyl (C=O) groups excluding carboxylic acids is 1. The van der Waals surface area contributed by atoms with E-state index in [1.165, 1.54) is 0 Å². The lowest BCUT2D eigenvalue weighted by molar-refractivity contribution is -0.180. The topological polar surface area (TPSA) is 38.8 Å². The summed E-state index contributed by atoms with van der Waals surface area (Å²) in [6.07, 6.45) is -0.216. The van der Waals surface area contributed by atoms with Crippen LogP contribution in [0.5, 0.6) is 0 Å². The third-order valence-corrected chi connectivity index (χ3v) is 3.33. The lowest BCUT2D eigenvalue weighted by atomic mass is 9.78. The summed E-state index contributed by atoms with van der Waals surface area (Å²) >= 11 is 0. The van der Waals surface area contributed by atoms with E-state index in [0.717, 1.165) is 31.9 Å². The van der Waals surface area contributed by atoms with Gasteiger partial charge in [0, 0.05) is 13.1 Å². The Labute approximate surface area is 100 Å². The van der Waals surface area contributed by atoms with Gasteiger partial charge in [-0.15, -0.1) is 0 Å². The monoisotopic (exact) mass is 233 g/mol. The third-order valence-electron chi connectivity index (χ3n) is 3.33. The number of benzene rings is 1. The van der Waals surface area contributed by atoms with E-state index >= 15 is 0 Å². The van der Waals surface area contributed by atoms with Crippen LogP contribution in [0.2, 0.25) is 0 Å². The lowest BCUT2D eigenvalue weighted by Crippen LogP contribution is -2.67. The minimum absolute atomic E-state index is 0.216. The van der Waals surface area contributed by atoms with Crippen molar-refractivity contribution in [1.82, 2.24) is 4.90 Å². The Morgan fingerprint density at radius 1 is 1.29 bits per heavy atom. The fourth-order valence-corrected chi connectivity index (χ4v) is 2.28. The molecule has 2 heterocycles. The second-order valence-electron chi connectivity index (χ2n) is 4.89. The van der Waals surface area contributed by atoms with Crippen LogP contribution in [0.15, 0.2) is 30.3 Å². The number of amides is 1. The zero-order valence-electron chi connectivity index (χ0n) is 9.59. The molecule has 0 atom stereocenters. The van der Waals surface area contributed by atoms with Gasteiger partial charge in [-0.05, 0) is 5.56 Å². The third kappa shape index (κ3) is 2.00. The van der Waals surface area contributed by atoms with Crippen molar-refractivity contribution in [2.24, 2.45) is 5.41 Å². The van der Waals surface area contributed by atoms with Crippen molar-refractivity contribution in [3.8, 4) is 0 Å². The minimum atomic E-state index is -0.216. The van der Waals surface area contributed by atoms with Crippen LogP contribution in [0, 0.1) is 5.41 Å². The minimum Gasteiger partial charge on any atom is -0.445 e. The van der Waals surface area contributed by atoms with Gasteiger partial charge in [0.15, 0.2) is 0 Å².